The van der Waals surface area contributed by atoms with Crippen molar-refractivity contribution in [2.24, 2.45) is 0 Å². The van der Waals surface area contributed by atoms with Gasteiger partial charge in [0.1, 0.15) is 11.5 Å². The van der Waals surface area contributed by atoms with E-state index in [9.17, 15) is 14.9 Å². The lowest BCUT2D eigenvalue weighted by Gasteiger charge is -2.23. The Hall–Kier alpha value is -3.98. The van der Waals surface area contributed by atoms with Gasteiger partial charge in [-0.2, -0.15) is 0 Å². The molecule has 0 aliphatic carbocycles. The van der Waals surface area contributed by atoms with Gasteiger partial charge in [0.05, 0.1) is 16.3 Å². The van der Waals surface area contributed by atoms with Gasteiger partial charge < -0.3 is 4.42 Å². The van der Waals surface area contributed by atoms with Crippen LogP contribution in [0.1, 0.15) is 16.9 Å². The summed E-state index contributed by atoms with van der Waals surface area (Å²) in [5, 5.41) is 10.9. The van der Waals surface area contributed by atoms with Crippen LogP contribution in [0.15, 0.2) is 101 Å². The Morgan fingerprint density at radius 1 is 0.943 bits per heavy atom. The van der Waals surface area contributed by atoms with Gasteiger partial charge >= 0.3 is 0 Å². The average molecular weight is 574 g/mol. The lowest BCUT2D eigenvalue weighted by molar-refractivity contribution is -0.384. The number of hydrogen-bond donors (Lipinski definition) is 0. The van der Waals surface area contributed by atoms with Crippen LogP contribution >= 0.6 is 22.6 Å². The summed E-state index contributed by atoms with van der Waals surface area (Å²) >= 11 is 2.26. The summed E-state index contributed by atoms with van der Waals surface area (Å²) in [5.74, 6) is 0.947. The van der Waals surface area contributed by atoms with Crippen LogP contribution in [0.25, 0.3) is 23.1 Å². The SMILES string of the molecule is Cc1cc(I)ccc1N1C(=O)/C(=C/c2ccc(-c3ccc([N+](=O)[O-])cc3)o2)C=C1c1ccccc1. The Labute approximate surface area is 215 Å². The molecule has 0 saturated carbocycles. The predicted octanol–water partition coefficient (Wildman–Crippen LogP) is 7.24. The van der Waals surface area contributed by atoms with Crippen molar-refractivity contribution in [2.75, 3.05) is 4.90 Å². The number of carbonyl (C=O) groups is 1. The summed E-state index contributed by atoms with van der Waals surface area (Å²) in [6, 6.07) is 25.5. The molecule has 2 heterocycles. The highest BCUT2D eigenvalue weighted by atomic mass is 127. The van der Waals surface area contributed by atoms with Crippen LogP contribution in [0.3, 0.4) is 0 Å². The van der Waals surface area contributed by atoms with Gasteiger partial charge in [-0.3, -0.25) is 19.8 Å². The minimum absolute atomic E-state index is 0.0174. The van der Waals surface area contributed by atoms with E-state index in [1.165, 1.54) is 12.1 Å². The van der Waals surface area contributed by atoms with Crippen LogP contribution < -0.4 is 4.90 Å². The number of hydrogen-bond acceptors (Lipinski definition) is 4. The third kappa shape index (κ3) is 4.54. The molecule has 172 valence electrons. The van der Waals surface area contributed by atoms with E-state index in [1.54, 1.807) is 35.2 Å². The van der Waals surface area contributed by atoms with Gasteiger partial charge in [0.25, 0.3) is 11.6 Å². The van der Waals surface area contributed by atoms with E-state index in [4.69, 9.17) is 4.42 Å². The number of nitro benzene ring substituents is 1. The highest BCUT2D eigenvalue weighted by Gasteiger charge is 2.31. The number of furan rings is 1. The Morgan fingerprint density at radius 3 is 2.37 bits per heavy atom. The molecule has 1 aliphatic rings. The van der Waals surface area contributed by atoms with Crippen molar-refractivity contribution in [2.45, 2.75) is 6.92 Å². The minimum atomic E-state index is -0.439. The van der Waals surface area contributed by atoms with E-state index in [1.807, 2.05) is 55.5 Å². The molecule has 0 N–H and O–H groups in total. The fraction of sp³-hybridized carbons (Fsp3) is 0.0357. The average Bonchev–Trinajstić information content (AvgIpc) is 3.45. The van der Waals surface area contributed by atoms with E-state index in [-0.39, 0.29) is 11.6 Å². The summed E-state index contributed by atoms with van der Waals surface area (Å²) in [7, 11) is 0. The summed E-state index contributed by atoms with van der Waals surface area (Å²) in [4.78, 5) is 25.8. The maximum Gasteiger partial charge on any atom is 0.269 e. The Balaban J connectivity index is 1.52. The number of rotatable bonds is 5. The molecule has 0 saturated heterocycles. The second-order valence-corrected chi connectivity index (χ2v) is 9.32. The van der Waals surface area contributed by atoms with Crippen LogP contribution in [-0.4, -0.2) is 10.8 Å². The van der Waals surface area contributed by atoms with Gasteiger partial charge in [-0.15, -0.1) is 0 Å². The van der Waals surface area contributed by atoms with Gasteiger partial charge in [0, 0.05) is 26.8 Å². The van der Waals surface area contributed by atoms with E-state index < -0.39 is 4.92 Å². The molecule has 3 aromatic carbocycles. The highest BCUT2D eigenvalue weighted by Crippen LogP contribution is 2.37. The topological polar surface area (TPSA) is 76.6 Å². The number of anilines is 1. The molecule has 0 unspecified atom stereocenters. The molecule has 1 aliphatic heterocycles. The Bertz CT molecular complexity index is 1500. The first-order chi connectivity index (χ1) is 16.9. The second kappa shape index (κ2) is 9.34. The van der Waals surface area contributed by atoms with Crippen molar-refractivity contribution < 1.29 is 14.1 Å². The van der Waals surface area contributed by atoms with E-state index >= 15 is 0 Å². The smallest absolute Gasteiger partial charge is 0.269 e. The summed E-state index contributed by atoms with van der Waals surface area (Å²) in [6.45, 7) is 2.00. The molecular weight excluding hydrogens is 555 g/mol. The van der Waals surface area contributed by atoms with Gasteiger partial charge in [-0.25, -0.2) is 0 Å². The first-order valence-corrected chi connectivity index (χ1v) is 11.9. The van der Waals surface area contributed by atoms with Crippen molar-refractivity contribution in [1.82, 2.24) is 0 Å². The lowest BCUT2D eigenvalue weighted by atomic mass is 10.1. The number of nitro groups is 1. The van der Waals surface area contributed by atoms with Crippen LogP contribution in [-0.2, 0) is 4.79 Å². The fourth-order valence-corrected chi connectivity index (χ4v) is 4.68. The molecule has 1 amide bonds. The summed E-state index contributed by atoms with van der Waals surface area (Å²) < 4.78 is 7.06. The molecule has 0 bridgehead atoms. The maximum absolute atomic E-state index is 13.6. The quantitative estimate of drug-likeness (QED) is 0.109. The number of amides is 1. The maximum atomic E-state index is 13.6. The number of benzene rings is 3. The monoisotopic (exact) mass is 574 g/mol. The van der Waals surface area contributed by atoms with Crippen molar-refractivity contribution >= 4 is 51.6 Å². The first-order valence-electron chi connectivity index (χ1n) is 10.8. The molecule has 5 rings (SSSR count). The Morgan fingerprint density at radius 2 is 1.69 bits per heavy atom. The zero-order valence-corrected chi connectivity index (χ0v) is 20.8. The van der Waals surface area contributed by atoms with E-state index in [0.29, 0.717) is 17.1 Å². The number of aryl methyl sites for hydroxylation is 1. The van der Waals surface area contributed by atoms with Gasteiger partial charge in [-0.1, -0.05) is 30.3 Å². The molecule has 6 nitrogen and oxygen atoms in total. The molecular formula is C28H19IN2O4. The van der Waals surface area contributed by atoms with Crippen LogP contribution in [0, 0.1) is 20.6 Å². The standard InChI is InChI=1S/C28H19IN2O4/c1-18-15-22(29)9-13-25(18)30-26(19-5-3-2-4-6-19)17-21(28(30)32)16-24-12-14-27(35-24)20-7-10-23(11-8-20)31(33)34/h2-17H,1H3/b21-16+. The summed E-state index contributed by atoms with van der Waals surface area (Å²) in [6.07, 6.45) is 3.60. The zero-order chi connectivity index (χ0) is 24.5. The van der Waals surface area contributed by atoms with Crippen LogP contribution in [0.5, 0.6) is 0 Å². The van der Waals surface area contributed by atoms with E-state index in [0.717, 1.165) is 31.6 Å². The second-order valence-electron chi connectivity index (χ2n) is 8.07. The zero-order valence-electron chi connectivity index (χ0n) is 18.6. The fourth-order valence-electron chi connectivity index (χ4n) is 4.03. The molecule has 0 radical (unpaired) electrons. The van der Waals surface area contributed by atoms with E-state index in [2.05, 4.69) is 28.7 Å². The molecule has 4 aromatic rings. The van der Waals surface area contributed by atoms with Crippen molar-refractivity contribution in [1.29, 1.82) is 0 Å². The minimum Gasteiger partial charge on any atom is -0.457 e. The molecule has 7 heteroatoms. The number of non-ortho nitro benzene ring substituents is 1. The number of carbonyl (C=O) groups excluding carboxylic acids is 1. The normalized spacial score (nSPS) is 14.5. The Kier molecular flexibility index (Phi) is 6.08. The molecule has 0 spiro atoms. The van der Waals surface area contributed by atoms with Crippen LogP contribution in [0.2, 0.25) is 0 Å². The van der Waals surface area contributed by atoms with Crippen molar-refractivity contribution in [3.05, 3.63) is 127 Å². The summed E-state index contributed by atoms with van der Waals surface area (Å²) in [5.41, 5.74) is 4.82. The third-order valence-corrected chi connectivity index (χ3v) is 6.41. The number of halogens is 1. The molecule has 0 fully saturated rings. The van der Waals surface area contributed by atoms with Crippen molar-refractivity contribution in [3.8, 4) is 11.3 Å². The van der Waals surface area contributed by atoms with Gasteiger partial charge in [0.2, 0.25) is 0 Å². The highest BCUT2D eigenvalue weighted by molar-refractivity contribution is 14.1. The van der Waals surface area contributed by atoms with Crippen LogP contribution in [0.4, 0.5) is 11.4 Å². The van der Waals surface area contributed by atoms with Gasteiger partial charge in [-0.05, 0) is 95.3 Å². The number of nitrogens with zero attached hydrogens (tertiary/aromatic N) is 2. The first kappa shape index (κ1) is 22.8. The molecule has 1 aromatic heterocycles. The largest absolute Gasteiger partial charge is 0.457 e. The predicted molar refractivity (Wildman–Crippen MR) is 145 cm³/mol. The molecule has 0 atom stereocenters. The van der Waals surface area contributed by atoms with Gasteiger partial charge in [0.15, 0.2) is 0 Å². The molecule has 35 heavy (non-hydrogen) atoms. The third-order valence-electron chi connectivity index (χ3n) is 5.74. The van der Waals surface area contributed by atoms with Crippen molar-refractivity contribution in [3.63, 3.8) is 0 Å². The lowest BCUT2D eigenvalue weighted by Crippen LogP contribution is -2.25.